The molecular formula is C25H21N5O3. The van der Waals surface area contributed by atoms with Crippen molar-refractivity contribution < 1.29 is 14.3 Å². The molecule has 1 N–H and O–H groups in total. The van der Waals surface area contributed by atoms with Gasteiger partial charge in [0.15, 0.2) is 18.1 Å². The molecule has 0 aliphatic carbocycles. The third-order valence-electron chi connectivity index (χ3n) is 5.05. The Balaban J connectivity index is 1.14. The van der Waals surface area contributed by atoms with Gasteiger partial charge in [0.1, 0.15) is 12.4 Å². The van der Waals surface area contributed by atoms with E-state index in [1.54, 1.807) is 16.6 Å². The van der Waals surface area contributed by atoms with Crippen molar-refractivity contribution in [2.75, 3.05) is 19.8 Å². The Labute approximate surface area is 189 Å². The van der Waals surface area contributed by atoms with E-state index < -0.39 is 0 Å². The van der Waals surface area contributed by atoms with Gasteiger partial charge in [0, 0.05) is 17.0 Å². The molecule has 164 valence electrons. The van der Waals surface area contributed by atoms with Crippen LogP contribution < -0.4 is 14.8 Å². The van der Waals surface area contributed by atoms with Crippen LogP contribution in [0.15, 0.2) is 84.9 Å². The van der Waals surface area contributed by atoms with Crippen LogP contribution >= 0.6 is 0 Å². The van der Waals surface area contributed by atoms with Crippen LogP contribution in [0, 0.1) is 0 Å². The molecule has 5 rings (SSSR count). The summed E-state index contributed by atoms with van der Waals surface area (Å²) in [7, 11) is 0. The number of benzene rings is 3. The van der Waals surface area contributed by atoms with Crippen molar-refractivity contribution in [1.82, 2.24) is 25.1 Å². The quantitative estimate of drug-likeness (QED) is 0.372. The lowest BCUT2D eigenvalue weighted by molar-refractivity contribution is -0.123. The number of fused-ring (bicyclic) bond motifs is 2. The topological polar surface area (TPSA) is 90.6 Å². The van der Waals surface area contributed by atoms with E-state index in [1.807, 2.05) is 72.8 Å². The molecule has 0 aliphatic heterocycles. The summed E-state index contributed by atoms with van der Waals surface area (Å²) >= 11 is 0. The van der Waals surface area contributed by atoms with E-state index >= 15 is 0 Å². The summed E-state index contributed by atoms with van der Waals surface area (Å²) in [6.07, 6.45) is 0. The molecule has 8 nitrogen and oxygen atoms in total. The molecule has 0 bridgehead atoms. The minimum Gasteiger partial charge on any atom is -0.483 e. The molecule has 0 aliphatic rings. The van der Waals surface area contributed by atoms with Crippen molar-refractivity contribution in [3.63, 3.8) is 0 Å². The molecule has 3 aromatic carbocycles. The molecule has 33 heavy (non-hydrogen) atoms. The number of amides is 1. The highest BCUT2D eigenvalue weighted by molar-refractivity contribution is 5.88. The average molecular weight is 439 g/mol. The Morgan fingerprint density at radius 1 is 0.848 bits per heavy atom. The van der Waals surface area contributed by atoms with Gasteiger partial charge in [-0.1, -0.05) is 66.7 Å². The van der Waals surface area contributed by atoms with Crippen LogP contribution in [0.25, 0.3) is 27.8 Å². The maximum atomic E-state index is 12.2. The third-order valence-corrected chi connectivity index (χ3v) is 5.05. The summed E-state index contributed by atoms with van der Waals surface area (Å²) in [6.45, 7) is 0.520. The fourth-order valence-corrected chi connectivity index (χ4v) is 3.48. The lowest BCUT2D eigenvalue weighted by Gasteiger charge is -2.10. The van der Waals surface area contributed by atoms with E-state index in [0.29, 0.717) is 29.6 Å². The Morgan fingerprint density at radius 2 is 1.67 bits per heavy atom. The normalized spacial score (nSPS) is 10.9. The van der Waals surface area contributed by atoms with E-state index in [2.05, 4.69) is 20.6 Å². The van der Waals surface area contributed by atoms with Crippen molar-refractivity contribution in [2.24, 2.45) is 0 Å². The SMILES string of the molecule is O=C(COc1cccc2ccccc12)NCCOc1ccc2nnc(-c3ccccc3)n2n1. The Bertz CT molecular complexity index is 1400. The van der Waals surface area contributed by atoms with Crippen LogP contribution in [0.1, 0.15) is 0 Å². The van der Waals surface area contributed by atoms with Crippen LogP contribution in [0.4, 0.5) is 0 Å². The standard InChI is InChI=1S/C25H21N5O3/c31-23(17-33-21-12-6-10-18-7-4-5-11-20(18)21)26-15-16-32-24-14-13-22-27-28-25(30(22)29-24)19-8-2-1-3-9-19/h1-14H,15-17H2,(H,26,31). The molecule has 2 aromatic heterocycles. The third kappa shape index (κ3) is 4.59. The van der Waals surface area contributed by atoms with Crippen molar-refractivity contribution in [2.45, 2.75) is 0 Å². The van der Waals surface area contributed by atoms with Crippen LogP contribution in [0.3, 0.4) is 0 Å². The first-order valence-corrected chi connectivity index (χ1v) is 10.6. The van der Waals surface area contributed by atoms with E-state index in [1.165, 1.54) is 0 Å². The van der Waals surface area contributed by atoms with E-state index in [-0.39, 0.29) is 19.1 Å². The second kappa shape index (κ2) is 9.35. The molecule has 2 heterocycles. The van der Waals surface area contributed by atoms with Crippen LogP contribution in [-0.4, -0.2) is 45.5 Å². The minimum absolute atomic E-state index is 0.0701. The van der Waals surface area contributed by atoms with Gasteiger partial charge in [0.25, 0.3) is 5.91 Å². The number of carbonyl (C=O) groups excluding carboxylic acids is 1. The summed E-state index contributed by atoms with van der Waals surface area (Å²) in [5.41, 5.74) is 1.54. The number of carbonyl (C=O) groups is 1. The average Bonchev–Trinajstić information content (AvgIpc) is 3.29. The number of rotatable bonds is 8. The maximum absolute atomic E-state index is 12.2. The second-order valence-electron chi connectivity index (χ2n) is 7.30. The summed E-state index contributed by atoms with van der Waals surface area (Å²) in [5, 5.41) is 17.7. The fourth-order valence-electron chi connectivity index (χ4n) is 3.48. The number of ether oxygens (including phenoxy) is 2. The molecule has 0 fully saturated rings. The highest BCUT2D eigenvalue weighted by Crippen LogP contribution is 2.25. The van der Waals surface area contributed by atoms with Gasteiger partial charge in [0.2, 0.25) is 5.88 Å². The summed E-state index contributed by atoms with van der Waals surface area (Å²) < 4.78 is 13.1. The van der Waals surface area contributed by atoms with Gasteiger partial charge in [-0.05, 0) is 17.5 Å². The number of hydrogen-bond donors (Lipinski definition) is 1. The smallest absolute Gasteiger partial charge is 0.258 e. The molecule has 1 amide bonds. The minimum atomic E-state index is -0.222. The van der Waals surface area contributed by atoms with Gasteiger partial charge in [-0.2, -0.15) is 4.52 Å². The largest absolute Gasteiger partial charge is 0.483 e. The zero-order valence-corrected chi connectivity index (χ0v) is 17.7. The lowest BCUT2D eigenvalue weighted by atomic mass is 10.1. The van der Waals surface area contributed by atoms with Gasteiger partial charge in [0.05, 0.1) is 6.54 Å². The number of nitrogens with one attached hydrogen (secondary N) is 1. The van der Waals surface area contributed by atoms with E-state index in [0.717, 1.165) is 16.3 Å². The first-order valence-electron chi connectivity index (χ1n) is 10.6. The second-order valence-corrected chi connectivity index (χ2v) is 7.30. The van der Waals surface area contributed by atoms with Crippen molar-refractivity contribution in [3.05, 3.63) is 84.9 Å². The van der Waals surface area contributed by atoms with Gasteiger partial charge in [-0.25, -0.2) is 0 Å². The number of hydrogen-bond acceptors (Lipinski definition) is 6. The Kier molecular flexibility index (Phi) is 5.79. The maximum Gasteiger partial charge on any atom is 0.258 e. The van der Waals surface area contributed by atoms with E-state index in [4.69, 9.17) is 9.47 Å². The molecule has 8 heteroatoms. The van der Waals surface area contributed by atoms with Gasteiger partial charge >= 0.3 is 0 Å². The van der Waals surface area contributed by atoms with Crippen molar-refractivity contribution >= 4 is 22.3 Å². The van der Waals surface area contributed by atoms with E-state index in [9.17, 15) is 4.79 Å². The first-order chi connectivity index (χ1) is 16.3. The zero-order chi connectivity index (χ0) is 22.5. The predicted octanol–water partition coefficient (Wildman–Crippen LogP) is 3.52. The van der Waals surface area contributed by atoms with Gasteiger partial charge in [-0.3, -0.25) is 4.79 Å². The monoisotopic (exact) mass is 439 g/mol. The van der Waals surface area contributed by atoms with Crippen LogP contribution in [0.2, 0.25) is 0 Å². The molecule has 0 spiro atoms. The van der Waals surface area contributed by atoms with Crippen LogP contribution in [-0.2, 0) is 4.79 Å². The Morgan fingerprint density at radius 3 is 2.58 bits per heavy atom. The van der Waals surface area contributed by atoms with Gasteiger partial charge in [-0.15, -0.1) is 15.3 Å². The molecule has 0 unspecified atom stereocenters. The summed E-state index contributed by atoms with van der Waals surface area (Å²) in [5.74, 6) is 1.51. The molecule has 0 atom stereocenters. The fraction of sp³-hybridized carbons (Fsp3) is 0.120. The van der Waals surface area contributed by atoms with Crippen molar-refractivity contribution in [3.8, 4) is 23.0 Å². The zero-order valence-electron chi connectivity index (χ0n) is 17.7. The molecule has 0 saturated heterocycles. The van der Waals surface area contributed by atoms with Crippen molar-refractivity contribution in [1.29, 1.82) is 0 Å². The first kappa shape index (κ1) is 20.4. The highest BCUT2D eigenvalue weighted by Gasteiger charge is 2.10. The number of nitrogens with zero attached hydrogens (tertiary/aromatic N) is 4. The predicted molar refractivity (Wildman–Crippen MR) is 124 cm³/mol. The lowest BCUT2D eigenvalue weighted by Crippen LogP contribution is -2.32. The highest BCUT2D eigenvalue weighted by atomic mass is 16.5. The number of aromatic nitrogens is 4. The molecule has 5 aromatic rings. The molecule has 0 saturated carbocycles. The molecular weight excluding hydrogens is 418 g/mol. The summed E-state index contributed by atoms with van der Waals surface area (Å²) in [6, 6.07) is 26.9. The van der Waals surface area contributed by atoms with Gasteiger partial charge < -0.3 is 14.8 Å². The van der Waals surface area contributed by atoms with Crippen LogP contribution in [0.5, 0.6) is 11.6 Å². The molecule has 0 radical (unpaired) electrons. The summed E-state index contributed by atoms with van der Waals surface area (Å²) in [4.78, 5) is 12.2. The Hall–Kier alpha value is -4.46.